The smallest absolute Gasteiger partial charge is 0.136 e. The second kappa shape index (κ2) is 3.38. The summed E-state index contributed by atoms with van der Waals surface area (Å²) in [6.07, 6.45) is 3.15. The highest BCUT2D eigenvalue weighted by molar-refractivity contribution is 5.83. The van der Waals surface area contributed by atoms with Gasteiger partial charge in [-0.25, -0.2) is 0 Å². The van der Waals surface area contributed by atoms with Crippen LogP contribution in [0.1, 0.15) is 40.0 Å². The van der Waals surface area contributed by atoms with E-state index in [1.54, 1.807) is 0 Å². The Morgan fingerprint density at radius 2 is 2.18 bits per heavy atom. The lowest BCUT2D eigenvalue weighted by Crippen LogP contribution is -2.05. The van der Waals surface area contributed by atoms with E-state index in [4.69, 9.17) is 0 Å². The van der Waals surface area contributed by atoms with Crippen molar-refractivity contribution in [2.24, 2.45) is 17.8 Å². The Kier molecular flexibility index (Phi) is 2.69. The van der Waals surface area contributed by atoms with Crippen LogP contribution < -0.4 is 0 Å². The van der Waals surface area contributed by atoms with Gasteiger partial charge in [-0.05, 0) is 18.3 Å². The molecular formula is C10H18O. The van der Waals surface area contributed by atoms with Crippen LogP contribution in [0.25, 0.3) is 0 Å². The van der Waals surface area contributed by atoms with Gasteiger partial charge in [0.1, 0.15) is 5.78 Å². The molecule has 0 aromatic carbocycles. The van der Waals surface area contributed by atoms with Crippen molar-refractivity contribution >= 4 is 5.78 Å². The second-order valence-electron chi connectivity index (χ2n) is 4.07. The van der Waals surface area contributed by atoms with Gasteiger partial charge in [0, 0.05) is 12.3 Å². The van der Waals surface area contributed by atoms with E-state index in [0.29, 0.717) is 17.6 Å². The molecule has 0 N–H and O–H groups in total. The maximum atomic E-state index is 11.4. The van der Waals surface area contributed by atoms with Gasteiger partial charge < -0.3 is 0 Å². The summed E-state index contributed by atoms with van der Waals surface area (Å²) in [6, 6.07) is 0. The number of hydrogen-bond acceptors (Lipinski definition) is 1. The zero-order valence-electron chi connectivity index (χ0n) is 7.76. The van der Waals surface area contributed by atoms with Crippen LogP contribution >= 0.6 is 0 Å². The molecule has 0 radical (unpaired) electrons. The largest absolute Gasteiger partial charge is 0.299 e. The van der Waals surface area contributed by atoms with Gasteiger partial charge in [-0.15, -0.1) is 0 Å². The van der Waals surface area contributed by atoms with Crippen LogP contribution in [0.5, 0.6) is 0 Å². The lowest BCUT2D eigenvalue weighted by atomic mass is 10.0. The van der Waals surface area contributed by atoms with Crippen molar-refractivity contribution in [3.63, 3.8) is 0 Å². The average Bonchev–Trinajstić information content (AvgIpc) is 2.63. The van der Waals surface area contributed by atoms with Gasteiger partial charge in [-0.2, -0.15) is 0 Å². The van der Waals surface area contributed by atoms with E-state index in [0.717, 1.165) is 12.3 Å². The van der Waals surface area contributed by atoms with Crippen molar-refractivity contribution in [2.75, 3.05) is 0 Å². The monoisotopic (exact) mass is 154 g/mol. The Morgan fingerprint density at radius 3 is 2.55 bits per heavy atom. The Morgan fingerprint density at radius 1 is 1.55 bits per heavy atom. The van der Waals surface area contributed by atoms with Gasteiger partial charge in [-0.1, -0.05) is 27.2 Å². The summed E-state index contributed by atoms with van der Waals surface area (Å²) in [4.78, 5) is 11.4. The molecule has 2 unspecified atom stereocenters. The number of hydrogen-bond donors (Lipinski definition) is 0. The first-order valence-corrected chi connectivity index (χ1v) is 4.67. The molecule has 0 saturated heterocycles. The molecule has 1 saturated carbocycles. The summed E-state index contributed by atoms with van der Waals surface area (Å²) in [6.45, 7) is 6.40. The minimum absolute atomic E-state index is 0.447. The molecule has 0 aliphatic heterocycles. The number of carbonyl (C=O) groups excluding carboxylic acids is 1. The van der Waals surface area contributed by atoms with Crippen LogP contribution in [-0.2, 0) is 4.79 Å². The molecule has 1 heteroatoms. The molecule has 1 nitrogen and oxygen atoms in total. The minimum atomic E-state index is 0.447. The van der Waals surface area contributed by atoms with Gasteiger partial charge in [0.15, 0.2) is 0 Å². The summed E-state index contributed by atoms with van der Waals surface area (Å²) in [5.41, 5.74) is 0. The molecule has 0 aromatic heterocycles. The highest BCUT2D eigenvalue weighted by Gasteiger charge is 2.40. The first-order chi connectivity index (χ1) is 5.15. The second-order valence-corrected chi connectivity index (χ2v) is 4.07. The molecule has 1 rings (SSSR count). The Bertz CT molecular complexity index is 149. The Balaban J connectivity index is 2.23. The fraction of sp³-hybridized carbons (Fsp3) is 0.900. The number of rotatable bonds is 4. The molecule has 11 heavy (non-hydrogen) atoms. The third-order valence-corrected chi connectivity index (χ3v) is 2.47. The van der Waals surface area contributed by atoms with Crippen molar-refractivity contribution in [1.29, 1.82) is 0 Å². The van der Waals surface area contributed by atoms with Crippen LogP contribution in [-0.4, -0.2) is 5.78 Å². The fourth-order valence-electron chi connectivity index (χ4n) is 1.65. The van der Waals surface area contributed by atoms with Gasteiger partial charge in [0.25, 0.3) is 0 Å². The van der Waals surface area contributed by atoms with Crippen LogP contribution in [0.3, 0.4) is 0 Å². The van der Waals surface area contributed by atoms with Gasteiger partial charge in [0.05, 0.1) is 0 Å². The van der Waals surface area contributed by atoms with Crippen LogP contribution in [0.4, 0.5) is 0 Å². The lowest BCUT2D eigenvalue weighted by molar-refractivity contribution is -0.121. The molecule has 1 fully saturated rings. The molecule has 0 heterocycles. The normalized spacial score (nSPS) is 29.1. The van der Waals surface area contributed by atoms with Crippen LogP contribution in [0.15, 0.2) is 0 Å². The summed E-state index contributed by atoms with van der Waals surface area (Å²) < 4.78 is 0. The summed E-state index contributed by atoms with van der Waals surface area (Å²) >= 11 is 0. The standard InChI is InChI=1S/C10H18O/c1-4-8-6-9(8)10(11)5-7(2)3/h7-9H,4-6H2,1-3H3. The van der Waals surface area contributed by atoms with Crippen molar-refractivity contribution < 1.29 is 4.79 Å². The van der Waals surface area contributed by atoms with E-state index < -0.39 is 0 Å². The van der Waals surface area contributed by atoms with Crippen LogP contribution in [0.2, 0.25) is 0 Å². The summed E-state index contributed by atoms with van der Waals surface area (Å²) in [7, 11) is 0. The number of Topliss-reactive ketones (excluding diaryl/α,β-unsaturated/α-hetero) is 1. The van der Waals surface area contributed by atoms with E-state index in [2.05, 4.69) is 20.8 Å². The molecule has 64 valence electrons. The van der Waals surface area contributed by atoms with Gasteiger partial charge in [-0.3, -0.25) is 4.79 Å². The molecule has 1 aliphatic rings. The Hall–Kier alpha value is -0.330. The number of ketones is 1. The van der Waals surface area contributed by atoms with Gasteiger partial charge >= 0.3 is 0 Å². The molecule has 2 atom stereocenters. The molecule has 0 bridgehead atoms. The predicted octanol–water partition coefficient (Wildman–Crippen LogP) is 2.65. The van der Waals surface area contributed by atoms with E-state index in [-0.39, 0.29) is 0 Å². The average molecular weight is 154 g/mol. The molecule has 0 spiro atoms. The topological polar surface area (TPSA) is 17.1 Å². The number of carbonyl (C=O) groups is 1. The molecule has 0 amide bonds. The maximum Gasteiger partial charge on any atom is 0.136 e. The van der Waals surface area contributed by atoms with Crippen molar-refractivity contribution in [1.82, 2.24) is 0 Å². The molecule has 1 aliphatic carbocycles. The highest BCUT2D eigenvalue weighted by atomic mass is 16.1. The third-order valence-electron chi connectivity index (χ3n) is 2.47. The van der Waals surface area contributed by atoms with Crippen molar-refractivity contribution in [3.05, 3.63) is 0 Å². The lowest BCUT2D eigenvalue weighted by Gasteiger charge is -2.01. The third kappa shape index (κ3) is 2.32. The first kappa shape index (κ1) is 8.76. The SMILES string of the molecule is CCC1CC1C(=O)CC(C)C. The zero-order valence-corrected chi connectivity index (χ0v) is 7.76. The van der Waals surface area contributed by atoms with Gasteiger partial charge in [0.2, 0.25) is 0 Å². The van der Waals surface area contributed by atoms with E-state index in [9.17, 15) is 4.79 Å². The van der Waals surface area contributed by atoms with Crippen molar-refractivity contribution in [2.45, 2.75) is 40.0 Å². The minimum Gasteiger partial charge on any atom is -0.299 e. The molecule has 0 aromatic rings. The summed E-state index contributed by atoms with van der Waals surface area (Å²) in [5, 5.41) is 0. The molecular weight excluding hydrogens is 136 g/mol. The predicted molar refractivity (Wildman–Crippen MR) is 46.4 cm³/mol. The van der Waals surface area contributed by atoms with Crippen molar-refractivity contribution in [3.8, 4) is 0 Å². The maximum absolute atomic E-state index is 11.4. The zero-order chi connectivity index (χ0) is 8.43. The summed E-state index contributed by atoms with van der Waals surface area (Å²) in [5.74, 6) is 2.23. The fourth-order valence-corrected chi connectivity index (χ4v) is 1.65. The first-order valence-electron chi connectivity index (χ1n) is 4.67. The Labute approximate surface area is 69.2 Å². The highest BCUT2D eigenvalue weighted by Crippen LogP contribution is 2.42. The van der Waals surface area contributed by atoms with E-state index >= 15 is 0 Å². The quantitative estimate of drug-likeness (QED) is 0.608. The van der Waals surface area contributed by atoms with E-state index in [1.807, 2.05) is 0 Å². The van der Waals surface area contributed by atoms with Crippen LogP contribution in [0, 0.1) is 17.8 Å². The van der Waals surface area contributed by atoms with E-state index in [1.165, 1.54) is 12.8 Å².